The molecule has 2 aromatic heterocycles. The van der Waals surface area contributed by atoms with Crippen molar-refractivity contribution in [3.05, 3.63) is 30.5 Å². The summed E-state index contributed by atoms with van der Waals surface area (Å²) in [5.74, 6) is -3.07. The number of aromatic nitrogens is 3. The van der Waals surface area contributed by atoms with Gasteiger partial charge in [0.1, 0.15) is 5.69 Å². The summed E-state index contributed by atoms with van der Waals surface area (Å²) in [6, 6.07) is 0. The molecule has 15 heavy (non-hydrogen) atoms. The lowest BCUT2D eigenvalue weighted by Crippen LogP contribution is -2.17. The van der Waals surface area contributed by atoms with Gasteiger partial charge in [-0.2, -0.15) is 8.78 Å². The molecule has 0 unspecified atom stereocenters. The number of aliphatic hydroxyl groups excluding tert-OH is 1. The van der Waals surface area contributed by atoms with Gasteiger partial charge >= 0.3 is 0 Å². The van der Waals surface area contributed by atoms with Gasteiger partial charge in [-0.3, -0.25) is 9.38 Å². The highest BCUT2D eigenvalue weighted by molar-refractivity contribution is 5.38. The van der Waals surface area contributed by atoms with Gasteiger partial charge in [-0.05, 0) is 0 Å². The van der Waals surface area contributed by atoms with Crippen LogP contribution in [0.25, 0.3) is 5.65 Å². The third-order valence-corrected chi connectivity index (χ3v) is 2.12. The fourth-order valence-electron chi connectivity index (χ4n) is 1.38. The van der Waals surface area contributed by atoms with E-state index in [1.807, 2.05) is 0 Å². The molecular weight excluding hydrogens is 204 g/mol. The van der Waals surface area contributed by atoms with Crippen molar-refractivity contribution in [1.82, 2.24) is 14.4 Å². The second kappa shape index (κ2) is 3.54. The molecule has 0 aliphatic carbocycles. The van der Waals surface area contributed by atoms with E-state index in [4.69, 9.17) is 5.11 Å². The molecule has 0 amide bonds. The predicted octanol–water partition coefficient (Wildman–Crippen LogP) is 1.20. The Morgan fingerprint density at radius 1 is 1.40 bits per heavy atom. The van der Waals surface area contributed by atoms with Gasteiger partial charge in [-0.1, -0.05) is 0 Å². The molecule has 0 aromatic carbocycles. The summed E-state index contributed by atoms with van der Waals surface area (Å²) in [7, 11) is 0. The Hall–Kier alpha value is -1.56. The second-order valence-corrected chi connectivity index (χ2v) is 3.13. The van der Waals surface area contributed by atoms with E-state index in [1.54, 1.807) is 0 Å². The van der Waals surface area contributed by atoms with Crippen LogP contribution in [0.5, 0.6) is 0 Å². The first kappa shape index (κ1) is 9.97. The maximum Gasteiger partial charge on any atom is 0.291 e. The van der Waals surface area contributed by atoms with Crippen LogP contribution in [0.15, 0.2) is 24.8 Å². The van der Waals surface area contributed by atoms with E-state index < -0.39 is 19.0 Å². The first-order valence-electron chi connectivity index (χ1n) is 4.41. The van der Waals surface area contributed by atoms with Crippen LogP contribution in [0.3, 0.4) is 0 Å². The van der Waals surface area contributed by atoms with Crippen LogP contribution in [0.2, 0.25) is 0 Å². The second-order valence-electron chi connectivity index (χ2n) is 3.13. The minimum Gasteiger partial charge on any atom is -0.396 e. The van der Waals surface area contributed by atoms with E-state index in [0.717, 1.165) is 6.20 Å². The Morgan fingerprint density at radius 2 is 2.20 bits per heavy atom. The molecule has 0 bridgehead atoms. The molecule has 0 aliphatic rings. The maximum absolute atomic E-state index is 13.5. The van der Waals surface area contributed by atoms with Crippen LogP contribution in [0, 0.1) is 0 Å². The van der Waals surface area contributed by atoms with Gasteiger partial charge in [0, 0.05) is 25.4 Å². The van der Waals surface area contributed by atoms with E-state index in [1.165, 1.54) is 23.0 Å². The molecule has 0 aliphatic heterocycles. The monoisotopic (exact) mass is 213 g/mol. The zero-order valence-electron chi connectivity index (χ0n) is 7.77. The molecule has 1 N–H and O–H groups in total. The molecule has 2 rings (SSSR count). The maximum atomic E-state index is 13.5. The molecule has 4 nitrogen and oxygen atoms in total. The van der Waals surface area contributed by atoms with E-state index >= 15 is 0 Å². The fraction of sp³-hybridized carbons (Fsp3) is 0.333. The SMILES string of the molecule is OCCC(F)(F)c1cnc2cnccn12. The van der Waals surface area contributed by atoms with Crippen LogP contribution in [0.1, 0.15) is 12.1 Å². The Morgan fingerprint density at radius 3 is 2.93 bits per heavy atom. The highest BCUT2D eigenvalue weighted by Gasteiger charge is 2.34. The van der Waals surface area contributed by atoms with Crippen molar-refractivity contribution in [1.29, 1.82) is 0 Å². The van der Waals surface area contributed by atoms with Gasteiger partial charge in [0.15, 0.2) is 5.65 Å². The smallest absolute Gasteiger partial charge is 0.291 e. The van der Waals surface area contributed by atoms with Gasteiger partial charge in [0.25, 0.3) is 5.92 Å². The number of rotatable bonds is 3. The normalized spacial score (nSPS) is 12.2. The molecule has 0 spiro atoms. The Bertz CT molecular complexity index is 469. The fourth-order valence-corrected chi connectivity index (χ4v) is 1.38. The quantitative estimate of drug-likeness (QED) is 0.833. The number of hydrogen-bond donors (Lipinski definition) is 1. The van der Waals surface area contributed by atoms with Crippen LogP contribution in [0.4, 0.5) is 8.78 Å². The zero-order valence-corrected chi connectivity index (χ0v) is 7.77. The lowest BCUT2D eigenvalue weighted by molar-refractivity contribution is -0.0317. The van der Waals surface area contributed by atoms with Gasteiger partial charge < -0.3 is 5.11 Å². The van der Waals surface area contributed by atoms with E-state index in [0.29, 0.717) is 5.65 Å². The molecule has 0 saturated carbocycles. The van der Waals surface area contributed by atoms with Crippen molar-refractivity contribution in [2.24, 2.45) is 0 Å². The van der Waals surface area contributed by atoms with Gasteiger partial charge in [0.2, 0.25) is 0 Å². The number of nitrogens with zero attached hydrogens (tertiary/aromatic N) is 3. The average molecular weight is 213 g/mol. The lowest BCUT2D eigenvalue weighted by Gasteiger charge is -2.13. The van der Waals surface area contributed by atoms with E-state index in [9.17, 15) is 8.78 Å². The van der Waals surface area contributed by atoms with Crippen molar-refractivity contribution in [2.75, 3.05) is 6.61 Å². The molecular formula is C9H9F2N3O. The van der Waals surface area contributed by atoms with Gasteiger partial charge in [-0.25, -0.2) is 4.98 Å². The van der Waals surface area contributed by atoms with Crippen LogP contribution in [-0.2, 0) is 5.92 Å². The third-order valence-electron chi connectivity index (χ3n) is 2.12. The summed E-state index contributed by atoms with van der Waals surface area (Å²) in [5.41, 5.74) is 0.138. The summed E-state index contributed by atoms with van der Waals surface area (Å²) < 4.78 is 28.2. The molecule has 0 saturated heterocycles. The highest BCUT2D eigenvalue weighted by Crippen LogP contribution is 2.31. The Kier molecular flexibility index (Phi) is 2.36. The van der Waals surface area contributed by atoms with Crippen molar-refractivity contribution < 1.29 is 13.9 Å². The summed E-state index contributed by atoms with van der Waals surface area (Å²) in [6.45, 7) is -0.564. The summed E-state index contributed by atoms with van der Waals surface area (Å²) in [6.07, 6.45) is 4.73. The van der Waals surface area contributed by atoms with Gasteiger partial charge in [0.05, 0.1) is 12.4 Å². The highest BCUT2D eigenvalue weighted by atomic mass is 19.3. The summed E-state index contributed by atoms with van der Waals surface area (Å²) >= 11 is 0. The number of hydrogen-bond acceptors (Lipinski definition) is 3. The van der Waals surface area contributed by atoms with Crippen molar-refractivity contribution in [3.63, 3.8) is 0 Å². The number of imidazole rings is 1. The third kappa shape index (κ3) is 1.68. The molecule has 80 valence electrons. The predicted molar refractivity (Wildman–Crippen MR) is 48.6 cm³/mol. The van der Waals surface area contributed by atoms with Crippen molar-refractivity contribution in [2.45, 2.75) is 12.3 Å². The molecule has 6 heteroatoms. The average Bonchev–Trinajstić information content (AvgIpc) is 2.61. The van der Waals surface area contributed by atoms with Crippen LogP contribution in [-0.4, -0.2) is 26.1 Å². The number of alkyl halides is 2. The zero-order chi connectivity index (χ0) is 10.9. The molecule has 0 fully saturated rings. The molecule has 2 heterocycles. The van der Waals surface area contributed by atoms with Crippen LogP contribution >= 0.6 is 0 Å². The molecule has 0 atom stereocenters. The molecule has 0 radical (unpaired) electrons. The van der Waals surface area contributed by atoms with Crippen molar-refractivity contribution >= 4 is 5.65 Å². The number of fused-ring (bicyclic) bond motifs is 1. The Balaban J connectivity index is 2.52. The van der Waals surface area contributed by atoms with Crippen molar-refractivity contribution in [3.8, 4) is 0 Å². The van der Waals surface area contributed by atoms with E-state index in [2.05, 4.69) is 9.97 Å². The summed E-state index contributed by atoms with van der Waals surface area (Å²) in [5, 5.41) is 8.55. The largest absolute Gasteiger partial charge is 0.396 e. The lowest BCUT2D eigenvalue weighted by atomic mass is 10.2. The van der Waals surface area contributed by atoms with E-state index in [-0.39, 0.29) is 5.69 Å². The first-order chi connectivity index (χ1) is 7.15. The minimum atomic E-state index is -3.07. The topological polar surface area (TPSA) is 50.4 Å². The Labute approximate surface area is 84.2 Å². The van der Waals surface area contributed by atoms with Gasteiger partial charge in [-0.15, -0.1) is 0 Å². The standard InChI is InChI=1S/C9H9F2N3O/c10-9(11,1-4-15)7-5-13-8-6-12-2-3-14(7)8/h2-3,5-6,15H,1,4H2. The van der Waals surface area contributed by atoms with Crippen LogP contribution < -0.4 is 0 Å². The minimum absolute atomic E-state index is 0.228. The molecule has 2 aromatic rings. The first-order valence-corrected chi connectivity index (χ1v) is 4.41. The number of halogens is 2. The number of aliphatic hydroxyl groups is 1. The summed E-state index contributed by atoms with van der Waals surface area (Å²) in [4.78, 5) is 7.58.